The molecule has 0 saturated carbocycles. The first-order chi connectivity index (χ1) is 13.8. The molecule has 0 spiro atoms. The van der Waals surface area contributed by atoms with Gasteiger partial charge in [0.2, 0.25) is 15.9 Å². The number of fused-ring (bicyclic) bond motifs is 1. The van der Waals surface area contributed by atoms with Crippen molar-refractivity contribution in [2.75, 3.05) is 41.6 Å². The number of halogens is 1. The number of carbonyl (C=O) groups is 1. The molecule has 2 aromatic rings. The molecule has 1 aliphatic heterocycles. The molecule has 0 radical (unpaired) electrons. The van der Waals surface area contributed by atoms with Gasteiger partial charge in [0.1, 0.15) is 6.54 Å². The molecule has 156 valence electrons. The number of carbonyl (C=O) groups excluding carboxylic acids is 1. The molecule has 0 saturated heterocycles. The summed E-state index contributed by atoms with van der Waals surface area (Å²) in [5.41, 5.74) is 4.03. The summed E-state index contributed by atoms with van der Waals surface area (Å²) in [5.74, 6) is -0.308. The Balaban J connectivity index is 1.52. The van der Waals surface area contributed by atoms with Crippen molar-refractivity contribution >= 4 is 43.2 Å². The zero-order valence-corrected chi connectivity index (χ0v) is 19.1. The summed E-state index contributed by atoms with van der Waals surface area (Å²) in [4.78, 5) is 14.7. The van der Waals surface area contributed by atoms with Gasteiger partial charge in [0.25, 0.3) is 0 Å². The number of anilines is 2. The minimum atomic E-state index is -3.57. The maximum absolute atomic E-state index is 12.4. The Morgan fingerprint density at radius 2 is 2.00 bits per heavy atom. The molecule has 0 fully saturated rings. The minimum Gasteiger partial charge on any atom is -0.371 e. The summed E-state index contributed by atoms with van der Waals surface area (Å²) in [6, 6.07) is 13.6. The average Bonchev–Trinajstić information content (AvgIpc) is 3.08. The normalized spacial score (nSPS) is 13.3. The van der Waals surface area contributed by atoms with Gasteiger partial charge >= 0.3 is 0 Å². The molecule has 0 unspecified atom stereocenters. The molecule has 0 bridgehead atoms. The van der Waals surface area contributed by atoms with Crippen molar-refractivity contribution in [3.8, 4) is 0 Å². The molecule has 0 aliphatic carbocycles. The molecule has 29 heavy (non-hydrogen) atoms. The zero-order chi connectivity index (χ0) is 21.0. The highest BCUT2D eigenvalue weighted by Gasteiger charge is 2.21. The van der Waals surface area contributed by atoms with Crippen LogP contribution in [-0.2, 0) is 21.2 Å². The van der Waals surface area contributed by atoms with Crippen LogP contribution in [0.2, 0.25) is 0 Å². The molecule has 1 heterocycles. The molecule has 0 aromatic heterocycles. The zero-order valence-electron chi connectivity index (χ0n) is 16.7. The van der Waals surface area contributed by atoms with E-state index < -0.39 is 10.0 Å². The number of nitrogens with one attached hydrogen (secondary N) is 1. The monoisotopic (exact) mass is 479 g/mol. The molecular weight excluding hydrogens is 454 g/mol. The van der Waals surface area contributed by atoms with Gasteiger partial charge in [0.05, 0.1) is 11.9 Å². The first-order valence-corrected chi connectivity index (χ1v) is 12.2. The largest absolute Gasteiger partial charge is 0.371 e. The van der Waals surface area contributed by atoms with Crippen LogP contribution in [0.15, 0.2) is 46.9 Å². The van der Waals surface area contributed by atoms with E-state index in [4.69, 9.17) is 0 Å². The summed E-state index contributed by atoms with van der Waals surface area (Å²) < 4.78 is 26.5. The summed E-state index contributed by atoms with van der Waals surface area (Å²) in [7, 11) is -3.57. The number of hydrogen-bond acceptors (Lipinski definition) is 4. The van der Waals surface area contributed by atoms with Crippen molar-refractivity contribution in [1.29, 1.82) is 0 Å². The Kier molecular flexibility index (Phi) is 6.85. The van der Waals surface area contributed by atoms with E-state index in [9.17, 15) is 13.2 Å². The fourth-order valence-electron chi connectivity index (χ4n) is 3.51. The maximum atomic E-state index is 12.4. The van der Waals surface area contributed by atoms with Crippen LogP contribution in [0.1, 0.15) is 17.5 Å². The molecule has 6 nitrogen and oxygen atoms in total. The maximum Gasteiger partial charge on any atom is 0.240 e. The van der Waals surface area contributed by atoms with Crippen LogP contribution in [0.4, 0.5) is 11.4 Å². The van der Waals surface area contributed by atoms with E-state index in [0.717, 1.165) is 46.5 Å². The molecule has 1 aliphatic rings. The Hall–Kier alpha value is -2.06. The molecule has 2 aromatic carbocycles. The van der Waals surface area contributed by atoms with Crippen molar-refractivity contribution in [2.24, 2.45) is 0 Å². The van der Waals surface area contributed by atoms with E-state index in [0.29, 0.717) is 12.2 Å². The summed E-state index contributed by atoms with van der Waals surface area (Å²) in [6.45, 7) is 4.02. The predicted octanol–water partition coefficient (Wildman–Crippen LogP) is 3.09. The number of aryl methyl sites for hydroxylation is 1. The lowest BCUT2D eigenvalue weighted by Gasteiger charge is -2.23. The fourth-order valence-corrected chi connectivity index (χ4v) is 4.60. The molecule has 1 N–H and O–H groups in total. The standard InChI is InChI=1S/C21H26BrN3O3S/c1-16-14-18(8-9-19(16)22)25(29(2,27)28)15-21(26)23-11-5-12-24-13-10-17-6-3-4-7-20(17)24/h3-4,6-9,14H,5,10-13,15H2,1-2H3,(H,23,26). The van der Waals surface area contributed by atoms with Crippen molar-refractivity contribution in [2.45, 2.75) is 19.8 Å². The van der Waals surface area contributed by atoms with Gasteiger partial charge < -0.3 is 10.2 Å². The summed E-state index contributed by atoms with van der Waals surface area (Å²) >= 11 is 3.41. The van der Waals surface area contributed by atoms with Gasteiger partial charge in [0, 0.05) is 29.8 Å². The lowest BCUT2D eigenvalue weighted by molar-refractivity contribution is -0.119. The van der Waals surface area contributed by atoms with E-state index in [-0.39, 0.29) is 12.5 Å². The second kappa shape index (κ2) is 9.17. The van der Waals surface area contributed by atoms with Crippen LogP contribution in [-0.4, -0.2) is 46.8 Å². The van der Waals surface area contributed by atoms with Crippen LogP contribution in [0.5, 0.6) is 0 Å². The molecule has 3 rings (SSSR count). The van der Waals surface area contributed by atoms with E-state index in [1.807, 2.05) is 13.0 Å². The third kappa shape index (κ3) is 5.51. The van der Waals surface area contributed by atoms with Gasteiger partial charge in [-0.3, -0.25) is 9.10 Å². The highest BCUT2D eigenvalue weighted by molar-refractivity contribution is 9.10. The van der Waals surface area contributed by atoms with Crippen molar-refractivity contribution in [3.05, 3.63) is 58.1 Å². The highest BCUT2D eigenvalue weighted by atomic mass is 79.9. The minimum absolute atomic E-state index is 0.230. The highest BCUT2D eigenvalue weighted by Crippen LogP contribution is 2.27. The predicted molar refractivity (Wildman–Crippen MR) is 121 cm³/mol. The number of para-hydroxylation sites is 1. The lowest BCUT2D eigenvalue weighted by atomic mass is 10.2. The molecule has 0 atom stereocenters. The van der Waals surface area contributed by atoms with E-state index in [1.54, 1.807) is 18.2 Å². The SMILES string of the molecule is Cc1cc(N(CC(=O)NCCCN2CCc3ccccc32)S(C)(=O)=O)ccc1Br. The van der Waals surface area contributed by atoms with Crippen molar-refractivity contribution in [3.63, 3.8) is 0 Å². The Bertz CT molecular complexity index is 994. The Labute approximate surface area is 181 Å². The van der Waals surface area contributed by atoms with E-state index >= 15 is 0 Å². The number of hydrogen-bond donors (Lipinski definition) is 1. The van der Waals surface area contributed by atoms with Gasteiger partial charge in [-0.1, -0.05) is 34.1 Å². The van der Waals surface area contributed by atoms with Crippen molar-refractivity contribution in [1.82, 2.24) is 5.32 Å². The fraction of sp³-hybridized carbons (Fsp3) is 0.381. The van der Waals surface area contributed by atoms with Gasteiger partial charge in [-0.25, -0.2) is 8.42 Å². The second-order valence-corrected chi connectivity index (χ2v) is 10.0. The third-order valence-corrected chi connectivity index (χ3v) is 7.06. The molecule has 8 heteroatoms. The van der Waals surface area contributed by atoms with Crippen LogP contribution in [0.25, 0.3) is 0 Å². The van der Waals surface area contributed by atoms with Crippen LogP contribution in [0.3, 0.4) is 0 Å². The quantitative estimate of drug-likeness (QED) is 0.590. The lowest BCUT2D eigenvalue weighted by Crippen LogP contribution is -2.41. The first kappa shape index (κ1) is 21.6. The number of benzene rings is 2. The Morgan fingerprint density at radius 3 is 2.72 bits per heavy atom. The second-order valence-electron chi connectivity index (χ2n) is 7.27. The smallest absolute Gasteiger partial charge is 0.240 e. The van der Waals surface area contributed by atoms with Crippen LogP contribution in [0, 0.1) is 6.92 Å². The van der Waals surface area contributed by atoms with E-state index in [1.165, 1.54) is 11.3 Å². The van der Waals surface area contributed by atoms with E-state index in [2.05, 4.69) is 44.3 Å². The van der Waals surface area contributed by atoms with Gasteiger partial charge in [-0.2, -0.15) is 0 Å². The number of amides is 1. The van der Waals surface area contributed by atoms with Gasteiger partial charge in [0.15, 0.2) is 0 Å². The van der Waals surface area contributed by atoms with Gasteiger partial charge in [-0.05, 0) is 55.2 Å². The number of rotatable bonds is 8. The van der Waals surface area contributed by atoms with Gasteiger partial charge in [-0.15, -0.1) is 0 Å². The molecule has 1 amide bonds. The summed E-state index contributed by atoms with van der Waals surface area (Å²) in [6.07, 6.45) is 2.97. The first-order valence-electron chi connectivity index (χ1n) is 9.59. The van der Waals surface area contributed by atoms with Crippen molar-refractivity contribution < 1.29 is 13.2 Å². The number of nitrogens with zero attached hydrogens (tertiary/aromatic N) is 2. The number of sulfonamides is 1. The average molecular weight is 480 g/mol. The topological polar surface area (TPSA) is 69.7 Å². The van der Waals surface area contributed by atoms with Crippen LogP contribution < -0.4 is 14.5 Å². The summed E-state index contributed by atoms with van der Waals surface area (Å²) in [5, 5.41) is 2.85. The molecular formula is C21H26BrN3O3S. The third-order valence-electron chi connectivity index (χ3n) is 5.03. The Morgan fingerprint density at radius 1 is 1.24 bits per heavy atom. The van der Waals surface area contributed by atoms with Crippen LogP contribution >= 0.6 is 15.9 Å².